The maximum Gasteiger partial charge on any atom is 0.310 e. The minimum Gasteiger partial charge on any atom is -0.481 e. The number of aryl methyl sites for hydroxylation is 1. The third kappa shape index (κ3) is 2.68. The normalized spacial score (nSPS) is 13.6. The van der Waals surface area contributed by atoms with Crippen molar-refractivity contribution in [1.82, 2.24) is 4.57 Å². The molecule has 0 fully saturated rings. The zero-order valence-corrected chi connectivity index (χ0v) is 11.0. The van der Waals surface area contributed by atoms with Gasteiger partial charge in [0.2, 0.25) is 0 Å². The van der Waals surface area contributed by atoms with E-state index in [0.717, 1.165) is 16.1 Å². The summed E-state index contributed by atoms with van der Waals surface area (Å²) >= 11 is 1.56. The third-order valence-electron chi connectivity index (χ3n) is 2.75. The molecule has 0 aliphatic rings. The van der Waals surface area contributed by atoms with E-state index in [2.05, 4.69) is 4.99 Å². The van der Waals surface area contributed by atoms with Crippen molar-refractivity contribution in [2.45, 2.75) is 12.8 Å². The molecule has 0 aliphatic carbocycles. The highest BCUT2D eigenvalue weighted by Gasteiger charge is 2.12. The van der Waals surface area contributed by atoms with Crippen molar-refractivity contribution in [3.8, 4) is 0 Å². The molecule has 0 saturated heterocycles. The van der Waals surface area contributed by atoms with Crippen LogP contribution in [-0.4, -0.2) is 15.6 Å². The summed E-state index contributed by atoms with van der Waals surface area (Å²) < 4.78 is 1.94. The largest absolute Gasteiger partial charge is 0.481 e. The SMILES string of the molecule is CC(C(=O)O)c1ccc(/N=c2\sccn2C)cc1. The van der Waals surface area contributed by atoms with Crippen molar-refractivity contribution in [2.24, 2.45) is 12.0 Å². The summed E-state index contributed by atoms with van der Waals surface area (Å²) in [7, 11) is 1.94. The molecule has 1 aromatic carbocycles. The molecule has 0 bridgehead atoms. The third-order valence-corrected chi connectivity index (χ3v) is 3.60. The summed E-state index contributed by atoms with van der Waals surface area (Å²) in [5.74, 6) is -1.30. The molecule has 1 aromatic heterocycles. The molecule has 1 atom stereocenters. The van der Waals surface area contributed by atoms with Crippen LogP contribution in [0.2, 0.25) is 0 Å². The van der Waals surface area contributed by atoms with Gasteiger partial charge in [-0.15, -0.1) is 11.3 Å². The predicted molar refractivity (Wildman–Crippen MR) is 71.0 cm³/mol. The zero-order valence-electron chi connectivity index (χ0n) is 10.2. The fourth-order valence-electron chi connectivity index (χ4n) is 1.53. The van der Waals surface area contributed by atoms with Crippen molar-refractivity contribution in [3.05, 3.63) is 46.2 Å². The summed E-state index contributed by atoms with van der Waals surface area (Å²) in [5.41, 5.74) is 1.62. The van der Waals surface area contributed by atoms with Crippen LogP contribution < -0.4 is 4.80 Å². The van der Waals surface area contributed by atoms with Crippen LogP contribution in [0.15, 0.2) is 40.8 Å². The molecule has 4 nitrogen and oxygen atoms in total. The number of aliphatic carboxylic acids is 1. The van der Waals surface area contributed by atoms with E-state index in [9.17, 15) is 4.79 Å². The van der Waals surface area contributed by atoms with Crippen molar-refractivity contribution >= 4 is 23.0 Å². The average Bonchev–Trinajstić information content (AvgIpc) is 2.75. The predicted octanol–water partition coefficient (Wildman–Crippen LogP) is 2.51. The molecular weight excluding hydrogens is 248 g/mol. The Hall–Kier alpha value is -1.88. The number of benzene rings is 1. The highest BCUT2D eigenvalue weighted by atomic mass is 32.1. The Kier molecular flexibility index (Phi) is 3.62. The summed E-state index contributed by atoms with van der Waals surface area (Å²) in [6, 6.07) is 7.30. The second-order valence-corrected chi connectivity index (χ2v) is 4.93. The van der Waals surface area contributed by atoms with Gasteiger partial charge in [-0.1, -0.05) is 12.1 Å². The standard InChI is InChI=1S/C13H14N2O2S/c1-9(12(16)17)10-3-5-11(6-4-10)14-13-15(2)7-8-18-13/h3-9H,1-2H3,(H,16,17)/b14-13-. The second kappa shape index (κ2) is 5.18. The number of aromatic nitrogens is 1. The Bertz CT molecular complexity index is 610. The maximum atomic E-state index is 10.9. The first kappa shape index (κ1) is 12.6. The first-order valence-electron chi connectivity index (χ1n) is 5.55. The Balaban J connectivity index is 2.29. The molecule has 1 N–H and O–H groups in total. The summed E-state index contributed by atoms with van der Waals surface area (Å²) in [6.45, 7) is 1.67. The van der Waals surface area contributed by atoms with Gasteiger partial charge in [0.25, 0.3) is 0 Å². The van der Waals surface area contributed by atoms with Crippen LogP contribution in [0, 0.1) is 0 Å². The maximum absolute atomic E-state index is 10.9. The van der Waals surface area contributed by atoms with Crippen molar-refractivity contribution in [1.29, 1.82) is 0 Å². The second-order valence-electron chi connectivity index (χ2n) is 4.06. The molecule has 0 spiro atoms. The highest BCUT2D eigenvalue weighted by molar-refractivity contribution is 7.07. The number of hydrogen-bond acceptors (Lipinski definition) is 3. The average molecular weight is 262 g/mol. The fourth-order valence-corrected chi connectivity index (χ4v) is 2.28. The van der Waals surface area contributed by atoms with Gasteiger partial charge in [0.05, 0.1) is 11.6 Å². The van der Waals surface area contributed by atoms with Crippen LogP contribution in [0.1, 0.15) is 18.4 Å². The lowest BCUT2D eigenvalue weighted by atomic mass is 10.0. The van der Waals surface area contributed by atoms with Gasteiger partial charge < -0.3 is 9.67 Å². The summed E-state index contributed by atoms with van der Waals surface area (Å²) in [6.07, 6.45) is 1.95. The van der Waals surface area contributed by atoms with Crippen molar-refractivity contribution in [2.75, 3.05) is 0 Å². The van der Waals surface area contributed by atoms with Crippen molar-refractivity contribution < 1.29 is 9.90 Å². The molecule has 0 saturated carbocycles. The number of thiazole rings is 1. The molecule has 94 valence electrons. The van der Waals surface area contributed by atoms with E-state index < -0.39 is 11.9 Å². The molecule has 2 rings (SSSR count). The number of hydrogen-bond donors (Lipinski definition) is 1. The fraction of sp³-hybridized carbons (Fsp3) is 0.231. The van der Waals surface area contributed by atoms with Gasteiger partial charge in [-0.05, 0) is 24.6 Å². The highest BCUT2D eigenvalue weighted by Crippen LogP contribution is 2.19. The van der Waals surface area contributed by atoms with Gasteiger partial charge in [0, 0.05) is 18.6 Å². The molecule has 0 aliphatic heterocycles. The lowest BCUT2D eigenvalue weighted by Gasteiger charge is -2.05. The number of carbonyl (C=O) groups is 1. The minimum atomic E-state index is -0.815. The molecule has 2 aromatic rings. The first-order valence-corrected chi connectivity index (χ1v) is 6.43. The van der Waals surface area contributed by atoms with Crippen LogP contribution in [0.4, 0.5) is 5.69 Å². The Morgan fingerprint density at radius 1 is 1.39 bits per heavy atom. The molecule has 0 radical (unpaired) electrons. The van der Waals surface area contributed by atoms with E-state index in [1.807, 2.05) is 47.5 Å². The lowest BCUT2D eigenvalue weighted by Crippen LogP contribution is -2.08. The zero-order chi connectivity index (χ0) is 13.1. The molecule has 18 heavy (non-hydrogen) atoms. The number of carboxylic acids is 1. The van der Waals surface area contributed by atoms with Crippen LogP contribution in [0.25, 0.3) is 0 Å². The summed E-state index contributed by atoms with van der Waals surface area (Å²) in [5, 5.41) is 10.9. The monoisotopic (exact) mass is 262 g/mol. The van der Waals surface area contributed by atoms with Crippen LogP contribution in [0.3, 0.4) is 0 Å². The van der Waals surface area contributed by atoms with Gasteiger partial charge in [0.1, 0.15) is 0 Å². The van der Waals surface area contributed by atoms with Crippen molar-refractivity contribution in [3.63, 3.8) is 0 Å². The van der Waals surface area contributed by atoms with Crippen LogP contribution in [-0.2, 0) is 11.8 Å². The number of nitrogens with zero attached hydrogens (tertiary/aromatic N) is 2. The molecule has 1 heterocycles. The van der Waals surface area contributed by atoms with Gasteiger partial charge in [-0.3, -0.25) is 4.79 Å². The van der Waals surface area contributed by atoms with E-state index in [4.69, 9.17) is 5.11 Å². The molecule has 5 heteroatoms. The Labute approximate surface area is 109 Å². The Morgan fingerprint density at radius 2 is 2.06 bits per heavy atom. The Morgan fingerprint density at radius 3 is 2.56 bits per heavy atom. The molecule has 0 amide bonds. The minimum absolute atomic E-state index is 0.489. The molecular formula is C13H14N2O2S. The van der Waals surface area contributed by atoms with E-state index in [1.54, 1.807) is 18.3 Å². The topological polar surface area (TPSA) is 54.6 Å². The van der Waals surface area contributed by atoms with Crippen LogP contribution >= 0.6 is 11.3 Å². The van der Waals surface area contributed by atoms with Gasteiger partial charge in [-0.25, -0.2) is 4.99 Å². The lowest BCUT2D eigenvalue weighted by molar-refractivity contribution is -0.138. The van der Waals surface area contributed by atoms with Crippen LogP contribution in [0.5, 0.6) is 0 Å². The number of rotatable bonds is 3. The van der Waals surface area contributed by atoms with Gasteiger partial charge in [-0.2, -0.15) is 0 Å². The van der Waals surface area contributed by atoms with E-state index in [-0.39, 0.29) is 0 Å². The van der Waals surface area contributed by atoms with Gasteiger partial charge >= 0.3 is 5.97 Å². The van der Waals surface area contributed by atoms with E-state index in [0.29, 0.717) is 0 Å². The van der Waals surface area contributed by atoms with Gasteiger partial charge in [0.15, 0.2) is 4.80 Å². The quantitative estimate of drug-likeness (QED) is 0.924. The van der Waals surface area contributed by atoms with E-state index in [1.165, 1.54) is 0 Å². The molecule has 1 unspecified atom stereocenters. The number of carboxylic acid groups (broad SMARTS) is 1. The first-order chi connectivity index (χ1) is 8.58. The summed E-state index contributed by atoms with van der Waals surface area (Å²) in [4.78, 5) is 16.3. The smallest absolute Gasteiger partial charge is 0.310 e. The van der Waals surface area contributed by atoms with E-state index >= 15 is 0 Å².